The number of amides is 1. The van der Waals surface area contributed by atoms with E-state index in [4.69, 9.17) is 0 Å². The lowest BCUT2D eigenvalue weighted by atomic mass is 9.81. The van der Waals surface area contributed by atoms with Crippen LogP contribution >= 0.6 is 0 Å². The third kappa shape index (κ3) is 6.42. The number of carbonyl (C=O) groups excluding carboxylic acids is 1. The number of allylic oxidation sites excluding steroid dienone is 2. The maximum Gasteiger partial charge on any atom is 0.264 e. The molecular formula is C31H27NO4S. The molecular weight excluding hydrogens is 482 g/mol. The smallest absolute Gasteiger partial charge is 0.264 e. The van der Waals surface area contributed by atoms with Crippen LogP contribution in [0.15, 0.2) is 126 Å². The Bertz CT molecular complexity index is 1510. The van der Waals surface area contributed by atoms with Gasteiger partial charge in [0.25, 0.3) is 15.9 Å². The maximum absolute atomic E-state index is 12.4. The summed E-state index contributed by atoms with van der Waals surface area (Å²) in [4.78, 5) is 12.2. The molecule has 0 saturated heterocycles. The minimum atomic E-state index is -4.04. The van der Waals surface area contributed by atoms with E-state index in [1.165, 1.54) is 41.5 Å². The minimum Gasteiger partial charge on any atom is -0.508 e. The van der Waals surface area contributed by atoms with Gasteiger partial charge in [-0.2, -0.15) is 0 Å². The van der Waals surface area contributed by atoms with E-state index in [1.54, 1.807) is 6.08 Å². The zero-order chi connectivity index (χ0) is 26.3. The predicted molar refractivity (Wildman–Crippen MR) is 147 cm³/mol. The van der Waals surface area contributed by atoms with Crippen molar-refractivity contribution in [2.75, 3.05) is 0 Å². The van der Waals surface area contributed by atoms with Crippen LogP contribution in [-0.4, -0.2) is 19.4 Å². The number of hydrogen-bond acceptors (Lipinski definition) is 4. The highest BCUT2D eigenvalue weighted by Gasteiger charge is 2.20. The van der Waals surface area contributed by atoms with Gasteiger partial charge in [-0.3, -0.25) is 4.79 Å². The van der Waals surface area contributed by atoms with Crippen LogP contribution in [0.25, 0.3) is 11.6 Å². The van der Waals surface area contributed by atoms with Gasteiger partial charge < -0.3 is 5.11 Å². The van der Waals surface area contributed by atoms with E-state index in [-0.39, 0.29) is 16.6 Å². The quantitative estimate of drug-likeness (QED) is 0.279. The fourth-order valence-electron chi connectivity index (χ4n) is 4.15. The molecule has 5 nitrogen and oxygen atoms in total. The highest BCUT2D eigenvalue weighted by atomic mass is 32.2. The Morgan fingerprint density at radius 1 is 0.784 bits per heavy atom. The Hall–Kier alpha value is -4.42. The molecule has 1 unspecified atom stereocenters. The van der Waals surface area contributed by atoms with Crippen LogP contribution in [-0.2, 0) is 14.8 Å². The van der Waals surface area contributed by atoms with Gasteiger partial charge in [0, 0.05) is 12.0 Å². The highest BCUT2D eigenvalue weighted by Crippen LogP contribution is 2.37. The van der Waals surface area contributed by atoms with Crippen LogP contribution in [0.3, 0.4) is 0 Å². The molecule has 6 heteroatoms. The van der Waals surface area contributed by atoms with Gasteiger partial charge in [-0.05, 0) is 65.1 Å². The average Bonchev–Trinajstić information content (AvgIpc) is 2.92. The molecule has 0 aliphatic rings. The molecule has 0 bridgehead atoms. The summed E-state index contributed by atoms with van der Waals surface area (Å²) < 4.78 is 26.8. The number of carbonyl (C=O) groups is 1. The van der Waals surface area contributed by atoms with Crippen molar-refractivity contribution >= 4 is 27.6 Å². The zero-order valence-electron chi connectivity index (χ0n) is 20.3. The standard InChI is InChI=1S/C31H27NO4S/c1-2-29(24-9-5-3-6-10-24)31(25-11-7-4-8-12-25)26-16-13-23(14-17-26)15-22-30(34)32-37(35,36)28-20-18-27(33)19-21-28/h2-22,31,33H,1H3,(H,32,34). The third-order valence-electron chi connectivity index (χ3n) is 5.94. The molecule has 0 radical (unpaired) electrons. The van der Waals surface area contributed by atoms with Crippen LogP contribution in [0.2, 0.25) is 0 Å². The molecule has 2 N–H and O–H groups in total. The molecule has 4 aromatic carbocycles. The molecule has 1 atom stereocenters. The van der Waals surface area contributed by atoms with Gasteiger partial charge in [0.05, 0.1) is 4.90 Å². The second kappa shape index (κ2) is 11.5. The summed E-state index contributed by atoms with van der Waals surface area (Å²) in [6.07, 6.45) is 4.89. The van der Waals surface area contributed by atoms with Crippen molar-refractivity contribution in [3.63, 3.8) is 0 Å². The van der Waals surface area contributed by atoms with E-state index in [9.17, 15) is 18.3 Å². The fourth-order valence-corrected chi connectivity index (χ4v) is 5.09. The van der Waals surface area contributed by atoms with E-state index in [1.807, 2.05) is 72.3 Å². The van der Waals surface area contributed by atoms with E-state index in [2.05, 4.69) is 30.3 Å². The molecule has 0 spiro atoms. The summed E-state index contributed by atoms with van der Waals surface area (Å²) in [7, 11) is -4.04. The lowest BCUT2D eigenvalue weighted by Gasteiger charge is -2.22. The first-order valence-corrected chi connectivity index (χ1v) is 13.3. The molecule has 1 amide bonds. The molecule has 0 aromatic heterocycles. The van der Waals surface area contributed by atoms with E-state index in [0.717, 1.165) is 16.7 Å². The van der Waals surface area contributed by atoms with Gasteiger partial charge in [0.1, 0.15) is 5.75 Å². The zero-order valence-corrected chi connectivity index (χ0v) is 21.1. The molecule has 0 fully saturated rings. The normalized spacial score (nSPS) is 12.8. The SMILES string of the molecule is CC=C(c1ccccc1)C(c1ccccc1)c1ccc(C=CC(=O)NS(=O)(=O)c2ccc(O)cc2)cc1. The van der Waals surface area contributed by atoms with Crippen LogP contribution in [0.1, 0.15) is 35.1 Å². The number of nitrogens with one attached hydrogen (secondary N) is 1. The summed E-state index contributed by atoms with van der Waals surface area (Å²) in [6.45, 7) is 2.04. The highest BCUT2D eigenvalue weighted by molar-refractivity contribution is 7.90. The van der Waals surface area contributed by atoms with Crippen molar-refractivity contribution in [2.45, 2.75) is 17.7 Å². The third-order valence-corrected chi connectivity index (χ3v) is 7.30. The van der Waals surface area contributed by atoms with E-state index < -0.39 is 15.9 Å². The number of aromatic hydroxyl groups is 1. The van der Waals surface area contributed by atoms with Gasteiger partial charge in [0.15, 0.2) is 0 Å². The van der Waals surface area contributed by atoms with Gasteiger partial charge in [-0.25, -0.2) is 13.1 Å². The van der Waals surface area contributed by atoms with E-state index >= 15 is 0 Å². The topological polar surface area (TPSA) is 83.5 Å². The first-order chi connectivity index (χ1) is 17.9. The molecule has 0 heterocycles. The van der Waals surface area contributed by atoms with Gasteiger partial charge in [0.2, 0.25) is 0 Å². The fraction of sp³-hybridized carbons (Fsp3) is 0.0645. The Morgan fingerprint density at radius 2 is 1.35 bits per heavy atom. The molecule has 37 heavy (non-hydrogen) atoms. The Balaban J connectivity index is 1.55. The Labute approximate surface area is 217 Å². The number of hydrogen-bond donors (Lipinski definition) is 2. The van der Waals surface area contributed by atoms with Gasteiger partial charge in [-0.1, -0.05) is 91.0 Å². The minimum absolute atomic E-state index is 0.0189. The molecule has 4 aromatic rings. The number of rotatable bonds is 8. The summed E-state index contributed by atoms with van der Waals surface area (Å²) in [5.41, 5.74) is 5.36. The summed E-state index contributed by atoms with van der Waals surface area (Å²) in [5.74, 6) is -0.807. The summed E-state index contributed by atoms with van der Waals surface area (Å²) in [5, 5.41) is 9.34. The largest absolute Gasteiger partial charge is 0.508 e. The first-order valence-electron chi connectivity index (χ1n) is 11.8. The first kappa shape index (κ1) is 25.7. The second-order valence-electron chi connectivity index (χ2n) is 8.42. The number of sulfonamides is 1. The van der Waals surface area contributed by atoms with Crippen molar-refractivity contribution < 1.29 is 18.3 Å². The van der Waals surface area contributed by atoms with Crippen molar-refractivity contribution in [3.8, 4) is 5.75 Å². The molecule has 0 saturated carbocycles. The summed E-state index contributed by atoms with van der Waals surface area (Å²) >= 11 is 0. The van der Waals surface area contributed by atoms with Crippen LogP contribution < -0.4 is 4.72 Å². The van der Waals surface area contributed by atoms with Crippen molar-refractivity contribution in [2.24, 2.45) is 0 Å². The van der Waals surface area contributed by atoms with Crippen molar-refractivity contribution in [3.05, 3.63) is 144 Å². The van der Waals surface area contributed by atoms with Crippen LogP contribution in [0.4, 0.5) is 0 Å². The lowest BCUT2D eigenvalue weighted by molar-refractivity contribution is -0.114. The summed E-state index contributed by atoms with van der Waals surface area (Å²) in [6, 6.07) is 33.4. The second-order valence-corrected chi connectivity index (χ2v) is 10.1. The number of phenolic OH excluding ortho intramolecular Hbond substituents is 1. The molecule has 0 aliphatic heterocycles. The van der Waals surface area contributed by atoms with Gasteiger partial charge in [-0.15, -0.1) is 0 Å². The lowest BCUT2D eigenvalue weighted by Crippen LogP contribution is -2.28. The Morgan fingerprint density at radius 3 is 1.95 bits per heavy atom. The van der Waals surface area contributed by atoms with Crippen LogP contribution in [0, 0.1) is 0 Å². The van der Waals surface area contributed by atoms with E-state index in [0.29, 0.717) is 0 Å². The van der Waals surface area contributed by atoms with Crippen molar-refractivity contribution in [1.29, 1.82) is 0 Å². The molecule has 186 valence electrons. The van der Waals surface area contributed by atoms with Crippen LogP contribution in [0.5, 0.6) is 5.75 Å². The predicted octanol–water partition coefficient (Wildman–Crippen LogP) is 6.15. The molecule has 4 rings (SSSR count). The van der Waals surface area contributed by atoms with Gasteiger partial charge >= 0.3 is 0 Å². The Kier molecular flexibility index (Phi) is 8.01. The monoisotopic (exact) mass is 509 g/mol. The maximum atomic E-state index is 12.4. The average molecular weight is 510 g/mol. The molecule has 0 aliphatic carbocycles. The van der Waals surface area contributed by atoms with Crippen molar-refractivity contribution in [1.82, 2.24) is 4.72 Å². The number of phenols is 1. The number of benzene rings is 4.